The van der Waals surface area contributed by atoms with E-state index >= 15 is 0 Å². The van der Waals surface area contributed by atoms with Gasteiger partial charge >= 0.3 is 0 Å². The first-order valence-corrected chi connectivity index (χ1v) is 9.34. The highest BCUT2D eigenvalue weighted by Gasteiger charge is 2.40. The summed E-state index contributed by atoms with van der Waals surface area (Å²) in [7, 11) is 0. The van der Waals surface area contributed by atoms with Gasteiger partial charge in [-0.05, 0) is 69.2 Å². The molecule has 0 atom stereocenters. The average Bonchev–Trinajstić information content (AvgIpc) is 2.56. The molecule has 3 heteroatoms. The highest BCUT2D eigenvalue weighted by molar-refractivity contribution is 5.94. The summed E-state index contributed by atoms with van der Waals surface area (Å²) in [6, 6.07) is 10.6. The Morgan fingerprint density at radius 2 is 1.52 bits per heavy atom. The van der Waals surface area contributed by atoms with Crippen molar-refractivity contribution in [2.75, 3.05) is 26.2 Å². The van der Waals surface area contributed by atoms with Gasteiger partial charge in [-0.25, -0.2) is 0 Å². The maximum atomic E-state index is 12.6. The third-order valence-corrected chi connectivity index (χ3v) is 6.58. The zero-order valence-corrected chi connectivity index (χ0v) is 14.0. The molecular weight excluding hydrogens is 284 g/mol. The third kappa shape index (κ3) is 3.03. The summed E-state index contributed by atoms with van der Waals surface area (Å²) in [5.74, 6) is 0.215. The van der Waals surface area contributed by atoms with Gasteiger partial charge in [-0.3, -0.25) is 4.79 Å². The van der Waals surface area contributed by atoms with Crippen molar-refractivity contribution in [2.24, 2.45) is 5.41 Å². The topological polar surface area (TPSA) is 23.6 Å². The molecule has 0 aromatic heterocycles. The number of benzene rings is 1. The van der Waals surface area contributed by atoms with Crippen molar-refractivity contribution >= 4 is 5.91 Å². The van der Waals surface area contributed by atoms with Gasteiger partial charge in [0.2, 0.25) is 0 Å². The van der Waals surface area contributed by atoms with Gasteiger partial charge in [0.15, 0.2) is 0 Å². The van der Waals surface area contributed by atoms with Crippen molar-refractivity contribution in [3.05, 3.63) is 35.9 Å². The molecule has 1 amide bonds. The third-order valence-electron chi connectivity index (χ3n) is 6.58. The summed E-state index contributed by atoms with van der Waals surface area (Å²) in [6.45, 7) is 4.46. The Morgan fingerprint density at radius 1 is 0.913 bits per heavy atom. The Bertz CT molecular complexity index is 534. The molecule has 2 aliphatic heterocycles. The molecule has 2 saturated heterocycles. The Morgan fingerprint density at radius 3 is 2.09 bits per heavy atom. The van der Waals surface area contributed by atoms with E-state index < -0.39 is 0 Å². The van der Waals surface area contributed by atoms with Crippen LogP contribution in [0.25, 0.3) is 0 Å². The number of rotatable bonds is 2. The molecule has 3 aliphatic rings. The molecule has 23 heavy (non-hydrogen) atoms. The normalized spacial score (nSPS) is 25.3. The van der Waals surface area contributed by atoms with Gasteiger partial charge in [0, 0.05) is 24.7 Å². The van der Waals surface area contributed by atoms with Crippen molar-refractivity contribution in [1.29, 1.82) is 0 Å². The zero-order valence-electron chi connectivity index (χ0n) is 14.0. The van der Waals surface area contributed by atoms with Gasteiger partial charge in [-0.15, -0.1) is 0 Å². The van der Waals surface area contributed by atoms with Gasteiger partial charge < -0.3 is 9.80 Å². The van der Waals surface area contributed by atoms with E-state index in [1.165, 1.54) is 58.0 Å². The van der Waals surface area contributed by atoms with Crippen LogP contribution >= 0.6 is 0 Å². The number of hydrogen-bond donors (Lipinski definition) is 0. The van der Waals surface area contributed by atoms with E-state index in [4.69, 9.17) is 0 Å². The molecule has 1 saturated carbocycles. The quantitative estimate of drug-likeness (QED) is 0.833. The van der Waals surface area contributed by atoms with Crippen LogP contribution in [0.2, 0.25) is 0 Å². The second-order valence-electron chi connectivity index (χ2n) is 7.78. The maximum Gasteiger partial charge on any atom is 0.253 e. The van der Waals surface area contributed by atoms with E-state index in [2.05, 4.69) is 9.80 Å². The average molecular weight is 312 g/mol. The molecule has 1 spiro atoms. The highest BCUT2D eigenvalue weighted by Crippen LogP contribution is 2.43. The summed E-state index contributed by atoms with van der Waals surface area (Å²) in [5.41, 5.74) is 1.36. The summed E-state index contributed by atoms with van der Waals surface area (Å²) in [5, 5.41) is 0. The molecule has 1 aromatic rings. The number of hydrogen-bond acceptors (Lipinski definition) is 2. The molecule has 1 aliphatic carbocycles. The van der Waals surface area contributed by atoms with Crippen molar-refractivity contribution in [1.82, 2.24) is 9.80 Å². The number of nitrogens with zero attached hydrogens (tertiary/aromatic N) is 2. The molecule has 124 valence electrons. The van der Waals surface area contributed by atoms with Gasteiger partial charge in [-0.1, -0.05) is 24.6 Å². The summed E-state index contributed by atoms with van der Waals surface area (Å²) < 4.78 is 0. The van der Waals surface area contributed by atoms with Crippen molar-refractivity contribution < 1.29 is 4.79 Å². The smallest absolute Gasteiger partial charge is 0.253 e. The fraction of sp³-hybridized carbons (Fsp3) is 0.650. The first-order chi connectivity index (χ1) is 11.3. The van der Waals surface area contributed by atoms with E-state index in [0.29, 0.717) is 5.41 Å². The number of amides is 1. The van der Waals surface area contributed by atoms with Crippen LogP contribution in [-0.4, -0.2) is 47.9 Å². The minimum absolute atomic E-state index is 0.215. The summed E-state index contributed by atoms with van der Waals surface area (Å²) >= 11 is 0. The summed E-state index contributed by atoms with van der Waals surface area (Å²) in [6.07, 6.45) is 9.36. The van der Waals surface area contributed by atoms with E-state index in [0.717, 1.165) is 24.7 Å². The zero-order chi connectivity index (χ0) is 15.7. The van der Waals surface area contributed by atoms with Crippen LogP contribution in [0.4, 0.5) is 0 Å². The van der Waals surface area contributed by atoms with Crippen LogP contribution in [0.3, 0.4) is 0 Å². The van der Waals surface area contributed by atoms with Crippen LogP contribution in [0.5, 0.6) is 0 Å². The molecule has 0 N–H and O–H groups in total. The lowest BCUT2D eigenvalue weighted by Crippen LogP contribution is -2.51. The Labute approximate surface area is 139 Å². The first kappa shape index (κ1) is 15.2. The molecule has 3 nitrogen and oxygen atoms in total. The number of carbonyl (C=O) groups is 1. The fourth-order valence-corrected chi connectivity index (χ4v) is 4.56. The number of likely N-dealkylation sites (tertiary alicyclic amines) is 2. The van der Waals surface area contributed by atoms with Crippen LogP contribution in [0.1, 0.15) is 55.3 Å². The standard InChI is InChI=1S/C20H28N2O/c23-19(17-5-2-1-3-6-17)22-15-11-20(12-16-22)9-13-21(14-10-20)18-7-4-8-18/h1-3,5-6,18H,4,7-16H2. The molecular formula is C20H28N2O. The second-order valence-corrected chi connectivity index (χ2v) is 7.78. The lowest BCUT2D eigenvalue weighted by Gasteiger charge is -2.49. The Hall–Kier alpha value is -1.35. The van der Waals surface area contributed by atoms with Crippen molar-refractivity contribution in [3.8, 4) is 0 Å². The number of piperidine rings is 2. The van der Waals surface area contributed by atoms with Gasteiger partial charge in [-0.2, -0.15) is 0 Å². The van der Waals surface area contributed by atoms with E-state index in [1.54, 1.807) is 0 Å². The van der Waals surface area contributed by atoms with Gasteiger partial charge in [0.25, 0.3) is 5.91 Å². The van der Waals surface area contributed by atoms with Crippen LogP contribution in [0, 0.1) is 5.41 Å². The molecule has 4 rings (SSSR count). The van der Waals surface area contributed by atoms with E-state index in [1.807, 2.05) is 30.3 Å². The highest BCUT2D eigenvalue weighted by atomic mass is 16.2. The SMILES string of the molecule is O=C(c1ccccc1)N1CCC2(CC1)CCN(C1CCC1)CC2. The van der Waals surface area contributed by atoms with Crippen LogP contribution < -0.4 is 0 Å². The first-order valence-electron chi connectivity index (χ1n) is 9.34. The molecule has 0 radical (unpaired) electrons. The van der Waals surface area contributed by atoms with Crippen molar-refractivity contribution in [2.45, 2.75) is 51.0 Å². The second kappa shape index (κ2) is 6.27. The Balaban J connectivity index is 1.31. The molecule has 0 unspecified atom stereocenters. The monoisotopic (exact) mass is 312 g/mol. The minimum Gasteiger partial charge on any atom is -0.339 e. The summed E-state index contributed by atoms with van der Waals surface area (Å²) in [4.78, 5) is 17.4. The van der Waals surface area contributed by atoms with Crippen LogP contribution in [0.15, 0.2) is 30.3 Å². The van der Waals surface area contributed by atoms with E-state index in [9.17, 15) is 4.79 Å². The predicted octanol–water partition coefficient (Wildman–Crippen LogP) is 3.56. The van der Waals surface area contributed by atoms with Gasteiger partial charge in [0.1, 0.15) is 0 Å². The van der Waals surface area contributed by atoms with Crippen molar-refractivity contribution in [3.63, 3.8) is 0 Å². The number of carbonyl (C=O) groups excluding carboxylic acids is 1. The molecule has 3 fully saturated rings. The Kier molecular flexibility index (Phi) is 4.14. The lowest BCUT2D eigenvalue weighted by molar-refractivity contribution is 0.00647. The fourth-order valence-electron chi connectivity index (χ4n) is 4.56. The van der Waals surface area contributed by atoms with Crippen LogP contribution in [-0.2, 0) is 0 Å². The van der Waals surface area contributed by atoms with E-state index in [-0.39, 0.29) is 5.91 Å². The van der Waals surface area contributed by atoms with Gasteiger partial charge in [0.05, 0.1) is 0 Å². The maximum absolute atomic E-state index is 12.6. The molecule has 0 bridgehead atoms. The largest absolute Gasteiger partial charge is 0.339 e. The molecule has 2 heterocycles. The minimum atomic E-state index is 0.215. The molecule has 1 aromatic carbocycles. The lowest BCUT2D eigenvalue weighted by atomic mass is 9.70. The predicted molar refractivity (Wildman–Crippen MR) is 92.5 cm³/mol.